The van der Waals surface area contributed by atoms with E-state index in [4.69, 9.17) is 15.3 Å². The summed E-state index contributed by atoms with van der Waals surface area (Å²) in [7, 11) is 0. The van der Waals surface area contributed by atoms with Gasteiger partial charge in [-0.3, -0.25) is 0 Å². The van der Waals surface area contributed by atoms with E-state index in [9.17, 15) is 15.3 Å². The second kappa shape index (κ2) is 3.55. The zero-order valence-electron chi connectivity index (χ0n) is 6.48. The molecule has 1 saturated carbocycles. The van der Waals surface area contributed by atoms with Gasteiger partial charge < -0.3 is 0 Å². The van der Waals surface area contributed by atoms with Gasteiger partial charge in [0.1, 0.15) is 0 Å². The predicted octanol–water partition coefficient (Wildman–Crippen LogP) is -3.96. The van der Waals surface area contributed by atoms with E-state index in [1.165, 1.54) is 0 Å². The molecular weight excluding hydrogens is 264 g/mol. The standard InChI is InChI=1S/C6H11O6.Mo/c7-1-2(8)4(10)6(12)5(11)3(1)9;/h1-5,7-12H;/t1-,2-,3+,4-,5-;/m1./s1. The minimum absolute atomic E-state index is 0.991. The van der Waals surface area contributed by atoms with E-state index in [0.29, 0.717) is 0 Å². The maximum absolute atomic E-state index is 9.44. The topological polar surface area (TPSA) is 121 Å². The first-order valence-electron chi connectivity index (χ1n) is 3.63. The molecule has 1 aliphatic carbocycles. The van der Waals surface area contributed by atoms with Gasteiger partial charge in [-0.25, -0.2) is 0 Å². The summed E-state index contributed by atoms with van der Waals surface area (Å²) in [6, 6.07) is 0. The fraction of sp³-hybridized carbons (Fsp3) is 1.00. The molecule has 0 spiro atoms. The Kier molecular flexibility index (Phi) is 3.14. The molecule has 0 amide bonds. The van der Waals surface area contributed by atoms with E-state index < -0.39 is 34.5 Å². The van der Waals surface area contributed by atoms with E-state index in [0.717, 1.165) is 19.8 Å². The molecule has 6 atom stereocenters. The van der Waals surface area contributed by atoms with Crippen molar-refractivity contribution in [3.8, 4) is 0 Å². The Hall–Kier alpha value is 0.448. The molecular formula is C6H11MoO6. The molecule has 1 rings (SSSR count). The molecule has 0 radical (unpaired) electrons. The Morgan fingerprint density at radius 2 is 1.08 bits per heavy atom. The first-order chi connectivity index (χ1) is 5.80. The molecule has 1 fully saturated rings. The average Bonchev–Trinajstić information content (AvgIpc) is 2.09. The number of hydrogen-bond acceptors (Lipinski definition) is 6. The van der Waals surface area contributed by atoms with Gasteiger partial charge in [0.2, 0.25) is 0 Å². The fourth-order valence-corrected chi connectivity index (χ4v) is 1.93. The first-order valence-corrected chi connectivity index (χ1v) is 4.63. The summed E-state index contributed by atoms with van der Waals surface area (Å²) in [4.78, 5) is 0. The van der Waals surface area contributed by atoms with Crippen molar-refractivity contribution in [2.24, 2.45) is 0 Å². The van der Waals surface area contributed by atoms with Crippen LogP contribution in [0.5, 0.6) is 0 Å². The molecule has 0 heterocycles. The average molecular weight is 275 g/mol. The van der Waals surface area contributed by atoms with Gasteiger partial charge in [-0.1, -0.05) is 0 Å². The normalized spacial score (nSPS) is 57.8. The van der Waals surface area contributed by atoms with Gasteiger partial charge in [0.25, 0.3) is 0 Å². The number of aliphatic hydroxyl groups is 6. The van der Waals surface area contributed by atoms with Gasteiger partial charge >= 0.3 is 85.0 Å². The second-order valence-corrected chi connectivity index (χ2v) is 4.72. The summed E-state index contributed by atoms with van der Waals surface area (Å²) in [5.74, 6) is 0. The maximum atomic E-state index is 9.44. The van der Waals surface area contributed by atoms with Crippen molar-refractivity contribution in [2.75, 3.05) is 0 Å². The molecule has 13 heavy (non-hydrogen) atoms. The van der Waals surface area contributed by atoms with Gasteiger partial charge in [-0.2, -0.15) is 0 Å². The molecule has 0 aromatic heterocycles. The first kappa shape index (κ1) is 11.5. The number of hydrogen-bond donors (Lipinski definition) is 6. The van der Waals surface area contributed by atoms with Crippen molar-refractivity contribution in [2.45, 2.75) is 34.5 Å². The molecule has 0 aromatic rings. The Labute approximate surface area is 85.3 Å². The van der Waals surface area contributed by atoms with Crippen molar-refractivity contribution < 1.29 is 50.5 Å². The van der Waals surface area contributed by atoms with Crippen LogP contribution in [0, 0.1) is 0 Å². The van der Waals surface area contributed by atoms with Crippen LogP contribution in [0.3, 0.4) is 0 Å². The van der Waals surface area contributed by atoms with Crippen LogP contribution < -0.4 is 0 Å². The van der Waals surface area contributed by atoms with E-state index in [1.54, 1.807) is 0 Å². The summed E-state index contributed by atoms with van der Waals surface area (Å²) in [6.45, 7) is 0. The van der Waals surface area contributed by atoms with Gasteiger partial charge in [-0.05, 0) is 0 Å². The monoisotopic (exact) mass is 277 g/mol. The third-order valence-electron chi connectivity index (χ3n) is 2.19. The summed E-state index contributed by atoms with van der Waals surface area (Å²) >= 11 is 0.991. The fourth-order valence-electron chi connectivity index (χ4n) is 1.24. The van der Waals surface area contributed by atoms with Crippen LogP contribution >= 0.6 is 0 Å². The van der Waals surface area contributed by atoms with Gasteiger partial charge in [0.05, 0.1) is 0 Å². The Morgan fingerprint density at radius 3 is 1.38 bits per heavy atom. The molecule has 0 aliphatic heterocycles. The van der Waals surface area contributed by atoms with Crippen LogP contribution in [-0.4, -0.2) is 65.1 Å². The Balaban J connectivity index is 2.93. The summed E-state index contributed by atoms with van der Waals surface area (Å²) in [5, 5.41) is 55.3. The molecule has 0 bridgehead atoms. The van der Waals surface area contributed by atoms with Gasteiger partial charge in [-0.15, -0.1) is 0 Å². The predicted molar refractivity (Wildman–Crippen MR) is 35.0 cm³/mol. The zero-order chi connectivity index (χ0) is 10.4. The van der Waals surface area contributed by atoms with Crippen LogP contribution in [0.1, 0.15) is 0 Å². The second-order valence-electron chi connectivity index (χ2n) is 3.11. The molecule has 0 aromatic carbocycles. The van der Waals surface area contributed by atoms with Crippen LogP contribution in [0.15, 0.2) is 0 Å². The van der Waals surface area contributed by atoms with E-state index in [1.807, 2.05) is 0 Å². The Morgan fingerprint density at radius 1 is 0.769 bits per heavy atom. The van der Waals surface area contributed by atoms with Crippen LogP contribution in [0.4, 0.5) is 0 Å². The molecule has 0 unspecified atom stereocenters. The van der Waals surface area contributed by atoms with Crippen molar-refractivity contribution in [1.82, 2.24) is 0 Å². The summed E-state index contributed by atoms with van der Waals surface area (Å²) in [6.07, 6.45) is -8.38. The minimum atomic E-state index is -2.02. The molecule has 6 nitrogen and oxygen atoms in total. The van der Waals surface area contributed by atoms with E-state index >= 15 is 0 Å². The molecule has 0 saturated heterocycles. The van der Waals surface area contributed by atoms with Crippen molar-refractivity contribution in [3.05, 3.63) is 0 Å². The van der Waals surface area contributed by atoms with Crippen molar-refractivity contribution in [3.63, 3.8) is 0 Å². The Bertz CT molecular complexity index is 180. The summed E-state index contributed by atoms with van der Waals surface area (Å²) < 4.78 is -2.02. The van der Waals surface area contributed by atoms with Crippen LogP contribution in [0.2, 0.25) is 0 Å². The SMILES string of the molecule is O[C@@H]1[C@@H](O)[C@@H](O)[C@@](O)([Mo])[C@H](O)[C@H]1O. The number of rotatable bonds is 0. The third-order valence-corrected chi connectivity index (χ3v) is 3.38. The van der Waals surface area contributed by atoms with E-state index in [-0.39, 0.29) is 0 Å². The van der Waals surface area contributed by atoms with E-state index in [2.05, 4.69) is 0 Å². The summed E-state index contributed by atoms with van der Waals surface area (Å²) in [5.41, 5.74) is 0. The van der Waals surface area contributed by atoms with Gasteiger partial charge in [0, 0.05) is 0 Å². The van der Waals surface area contributed by atoms with Crippen LogP contribution in [0.25, 0.3) is 0 Å². The zero-order valence-corrected chi connectivity index (χ0v) is 8.49. The van der Waals surface area contributed by atoms with Gasteiger partial charge in [0.15, 0.2) is 0 Å². The molecule has 7 heteroatoms. The molecule has 1 aliphatic rings. The molecule has 6 N–H and O–H groups in total. The van der Waals surface area contributed by atoms with Crippen molar-refractivity contribution >= 4 is 0 Å². The van der Waals surface area contributed by atoms with Crippen molar-refractivity contribution in [1.29, 1.82) is 0 Å². The van der Waals surface area contributed by atoms with Crippen LogP contribution in [-0.2, 0) is 19.8 Å². The number of aliphatic hydroxyl groups excluding tert-OH is 5. The quantitative estimate of drug-likeness (QED) is 0.251. The third kappa shape index (κ3) is 1.68. The molecule has 77 valence electrons.